The van der Waals surface area contributed by atoms with Gasteiger partial charge in [-0.15, -0.1) is 0 Å². The van der Waals surface area contributed by atoms with Gasteiger partial charge in [-0.05, 0) is 17.7 Å². The van der Waals surface area contributed by atoms with E-state index in [1.807, 2.05) is 18.2 Å². The van der Waals surface area contributed by atoms with Crippen LogP contribution in [-0.4, -0.2) is 0 Å². The molecule has 0 saturated heterocycles. The highest BCUT2D eigenvalue weighted by molar-refractivity contribution is 9.24. The van der Waals surface area contributed by atoms with Gasteiger partial charge in [0.15, 0.2) is 0 Å². The summed E-state index contributed by atoms with van der Waals surface area (Å²) in [4.78, 5) is 0. The predicted molar refractivity (Wildman–Crippen MR) is 53.6 cm³/mol. The summed E-state index contributed by atoms with van der Waals surface area (Å²) in [5.41, 5.74) is 1.09. The van der Waals surface area contributed by atoms with E-state index in [2.05, 4.69) is 53.9 Å². The van der Waals surface area contributed by atoms with E-state index in [9.17, 15) is 0 Å². The molecule has 0 atom stereocenters. The molecule has 0 fully saturated rings. The number of rotatable bonds is 1. The number of alkyl halides is 2. The normalized spacial score (nSPS) is 10.4. The lowest BCUT2D eigenvalue weighted by molar-refractivity contribution is 1.38. The van der Waals surface area contributed by atoms with Gasteiger partial charge in [0.25, 0.3) is 0 Å². The Bertz CT molecular complexity index is 220. The van der Waals surface area contributed by atoms with Crippen LogP contribution in [0.4, 0.5) is 0 Å². The molecule has 0 nitrogen and oxygen atoms in total. The first-order chi connectivity index (χ1) is 4.72. The zero-order valence-electron chi connectivity index (χ0n) is 4.94. The Morgan fingerprint density at radius 1 is 1.40 bits per heavy atom. The van der Waals surface area contributed by atoms with E-state index < -0.39 is 0 Å². The molecule has 0 N–H and O–H groups in total. The van der Waals surface area contributed by atoms with E-state index >= 15 is 0 Å². The second-order valence-electron chi connectivity index (χ2n) is 1.73. The third kappa shape index (κ3) is 2.07. The molecule has 0 amide bonds. The number of benzene rings is 1. The van der Waals surface area contributed by atoms with Crippen molar-refractivity contribution in [3.05, 3.63) is 34.3 Å². The molecule has 0 heterocycles. The van der Waals surface area contributed by atoms with Crippen molar-refractivity contribution in [3.8, 4) is 0 Å². The molecule has 1 radical (unpaired) electrons. The van der Waals surface area contributed by atoms with Crippen molar-refractivity contribution in [2.75, 3.05) is 0 Å². The van der Waals surface area contributed by atoms with Gasteiger partial charge in [0.2, 0.25) is 0 Å². The van der Waals surface area contributed by atoms with Gasteiger partial charge in [0.1, 0.15) is 0 Å². The molecule has 0 spiro atoms. The maximum absolute atomic E-state index is 3.41. The van der Waals surface area contributed by atoms with Crippen molar-refractivity contribution in [1.29, 1.82) is 0 Å². The molecule has 0 bridgehead atoms. The second kappa shape index (κ2) is 3.88. The van der Waals surface area contributed by atoms with Crippen LogP contribution in [0.1, 0.15) is 9.30 Å². The van der Waals surface area contributed by atoms with Gasteiger partial charge in [-0.2, -0.15) is 0 Å². The lowest BCUT2D eigenvalue weighted by atomic mass is 10.2. The summed E-state index contributed by atoms with van der Waals surface area (Å²) in [6.07, 6.45) is 0. The van der Waals surface area contributed by atoms with Crippen LogP contribution in [0, 0.1) is 6.07 Å². The topological polar surface area (TPSA) is 0 Å². The fraction of sp³-hybridized carbons (Fsp3) is 0.143. The Balaban J connectivity index is 3.03. The molecule has 1 rings (SSSR count). The average molecular weight is 328 g/mol. The summed E-state index contributed by atoms with van der Waals surface area (Å²) in [5, 5.41) is 0. The molecule has 53 valence electrons. The van der Waals surface area contributed by atoms with Gasteiger partial charge in [0.05, 0.1) is 3.74 Å². The standard InChI is InChI=1S/C7H4Br3/c8-6-4-2-1-3-5(6)7(9)10/h1-2,4,7H. The number of hydrogen-bond donors (Lipinski definition) is 0. The summed E-state index contributed by atoms with van der Waals surface area (Å²) in [5.74, 6) is 0. The Labute approximate surface area is 85.4 Å². The summed E-state index contributed by atoms with van der Waals surface area (Å²) in [6.45, 7) is 0. The largest absolute Gasteiger partial charge is 0.0963 e. The molecule has 0 aliphatic heterocycles. The maximum atomic E-state index is 3.41. The maximum Gasteiger partial charge on any atom is 0.0963 e. The molecular formula is C7H4Br3. The Hall–Kier alpha value is 0.660. The second-order valence-corrected chi connectivity index (χ2v) is 5.65. The highest BCUT2D eigenvalue weighted by atomic mass is 79.9. The van der Waals surface area contributed by atoms with E-state index in [0.717, 1.165) is 10.0 Å². The summed E-state index contributed by atoms with van der Waals surface area (Å²) < 4.78 is 1.24. The van der Waals surface area contributed by atoms with Crippen LogP contribution in [0.3, 0.4) is 0 Å². The quantitative estimate of drug-likeness (QED) is 0.683. The van der Waals surface area contributed by atoms with Crippen LogP contribution in [0.15, 0.2) is 22.7 Å². The van der Waals surface area contributed by atoms with Crippen molar-refractivity contribution in [1.82, 2.24) is 0 Å². The summed E-state index contributed by atoms with van der Waals surface area (Å²) >= 11 is 10.2. The SMILES string of the molecule is Brc1ccc[c]c1C(Br)Br. The van der Waals surface area contributed by atoms with Crippen LogP contribution < -0.4 is 0 Å². The fourth-order valence-corrected chi connectivity index (χ4v) is 2.46. The van der Waals surface area contributed by atoms with Crippen molar-refractivity contribution in [2.45, 2.75) is 3.74 Å². The molecule has 0 saturated carbocycles. The minimum absolute atomic E-state index is 0.176. The molecule has 0 aromatic heterocycles. The predicted octanol–water partition coefficient (Wildman–Crippen LogP) is 4.04. The molecule has 0 aliphatic carbocycles. The van der Waals surface area contributed by atoms with Crippen molar-refractivity contribution < 1.29 is 0 Å². The molecular weight excluding hydrogens is 324 g/mol. The van der Waals surface area contributed by atoms with Gasteiger partial charge < -0.3 is 0 Å². The van der Waals surface area contributed by atoms with E-state index in [-0.39, 0.29) is 3.74 Å². The van der Waals surface area contributed by atoms with Gasteiger partial charge >= 0.3 is 0 Å². The zero-order chi connectivity index (χ0) is 7.56. The molecule has 3 heteroatoms. The summed E-state index contributed by atoms with van der Waals surface area (Å²) in [6, 6.07) is 8.91. The van der Waals surface area contributed by atoms with Crippen LogP contribution in [0.2, 0.25) is 0 Å². The van der Waals surface area contributed by atoms with Crippen molar-refractivity contribution in [2.24, 2.45) is 0 Å². The van der Waals surface area contributed by atoms with E-state index in [1.165, 1.54) is 0 Å². The van der Waals surface area contributed by atoms with Gasteiger partial charge in [-0.3, -0.25) is 0 Å². The minimum atomic E-state index is 0.176. The van der Waals surface area contributed by atoms with Gasteiger partial charge in [-0.25, -0.2) is 0 Å². The first-order valence-corrected chi connectivity index (χ1v) is 5.28. The average Bonchev–Trinajstić information content (AvgIpc) is 1.88. The monoisotopic (exact) mass is 325 g/mol. The fourth-order valence-electron chi connectivity index (χ4n) is 0.596. The van der Waals surface area contributed by atoms with Crippen molar-refractivity contribution >= 4 is 47.8 Å². The number of hydrogen-bond acceptors (Lipinski definition) is 0. The Kier molecular flexibility index (Phi) is 3.40. The van der Waals surface area contributed by atoms with Crippen molar-refractivity contribution in [3.63, 3.8) is 0 Å². The Morgan fingerprint density at radius 3 is 2.50 bits per heavy atom. The minimum Gasteiger partial charge on any atom is -0.0711 e. The molecule has 0 aliphatic rings. The molecule has 10 heavy (non-hydrogen) atoms. The van der Waals surface area contributed by atoms with Crippen LogP contribution in [0.25, 0.3) is 0 Å². The van der Waals surface area contributed by atoms with E-state index in [1.54, 1.807) is 0 Å². The lowest BCUT2D eigenvalue weighted by Gasteiger charge is -2.02. The molecule has 1 aromatic rings. The highest BCUT2D eigenvalue weighted by Gasteiger charge is 2.04. The number of halogens is 3. The highest BCUT2D eigenvalue weighted by Crippen LogP contribution is 2.33. The summed E-state index contributed by atoms with van der Waals surface area (Å²) in [7, 11) is 0. The third-order valence-corrected chi connectivity index (χ3v) is 2.66. The third-order valence-electron chi connectivity index (χ3n) is 1.05. The first kappa shape index (κ1) is 8.75. The lowest BCUT2D eigenvalue weighted by Crippen LogP contribution is -1.80. The van der Waals surface area contributed by atoms with Gasteiger partial charge in [-0.1, -0.05) is 59.9 Å². The smallest absolute Gasteiger partial charge is 0.0711 e. The zero-order valence-corrected chi connectivity index (χ0v) is 9.70. The van der Waals surface area contributed by atoms with Crippen LogP contribution in [-0.2, 0) is 0 Å². The van der Waals surface area contributed by atoms with E-state index in [0.29, 0.717) is 0 Å². The van der Waals surface area contributed by atoms with Crippen LogP contribution >= 0.6 is 47.8 Å². The van der Waals surface area contributed by atoms with E-state index in [4.69, 9.17) is 0 Å². The first-order valence-electron chi connectivity index (χ1n) is 2.66. The molecule has 1 aromatic carbocycles. The van der Waals surface area contributed by atoms with Gasteiger partial charge in [0, 0.05) is 4.47 Å². The molecule has 0 unspecified atom stereocenters. The van der Waals surface area contributed by atoms with Crippen LogP contribution in [0.5, 0.6) is 0 Å². The Morgan fingerprint density at radius 2 is 2.10 bits per heavy atom.